The first-order chi connectivity index (χ1) is 13.5. The van der Waals surface area contributed by atoms with Crippen molar-refractivity contribution < 1.29 is 28.8 Å². The van der Waals surface area contributed by atoms with Crippen LogP contribution in [0.3, 0.4) is 0 Å². The molecule has 8 nitrogen and oxygen atoms in total. The van der Waals surface area contributed by atoms with Crippen LogP contribution < -0.4 is 5.32 Å². The zero-order valence-corrected chi connectivity index (χ0v) is 15.6. The van der Waals surface area contributed by atoms with Crippen molar-refractivity contribution in [3.8, 4) is 0 Å². The number of nitrogens with one attached hydrogen (secondary N) is 1. The van der Waals surface area contributed by atoms with Crippen LogP contribution in [0.1, 0.15) is 50.5 Å². The van der Waals surface area contributed by atoms with E-state index in [1.54, 1.807) is 0 Å². The molecule has 0 radical (unpaired) electrons. The van der Waals surface area contributed by atoms with E-state index in [9.17, 15) is 19.2 Å². The predicted octanol–water partition coefficient (Wildman–Crippen LogP) is 2.47. The van der Waals surface area contributed by atoms with Crippen molar-refractivity contribution in [3.05, 3.63) is 35.9 Å². The van der Waals surface area contributed by atoms with Gasteiger partial charge < -0.3 is 14.9 Å². The van der Waals surface area contributed by atoms with Gasteiger partial charge in [-0.3, -0.25) is 9.59 Å². The summed E-state index contributed by atoms with van der Waals surface area (Å²) in [4.78, 5) is 53.4. The highest BCUT2D eigenvalue weighted by Crippen LogP contribution is 2.28. The molecule has 1 N–H and O–H groups in total. The van der Waals surface area contributed by atoms with Gasteiger partial charge in [-0.1, -0.05) is 49.6 Å². The number of hydrogen-bond donors (Lipinski definition) is 1. The molecule has 1 aromatic rings. The molecule has 1 aliphatic carbocycles. The molecular formula is C20H24N2O6. The number of hydroxylamine groups is 2. The number of rotatable bonds is 6. The van der Waals surface area contributed by atoms with Crippen molar-refractivity contribution in [2.75, 3.05) is 0 Å². The Morgan fingerprint density at radius 1 is 1.04 bits per heavy atom. The Morgan fingerprint density at radius 3 is 2.32 bits per heavy atom. The first-order valence-corrected chi connectivity index (χ1v) is 9.59. The number of nitrogens with zero attached hydrogens (tertiary/aromatic N) is 1. The molecule has 1 heterocycles. The van der Waals surface area contributed by atoms with E-state index in [2.05, 4.69) is 5.32 Å². The van der Waals surface area contributed by atoms with Crippen molar-refractivity contribution in [1.29, 1.82) is 0 Å². The summed E-state index contributed by atoms with van der Waals surface area (Å²) in [5.74, 6) is -2.04. The fourth-order valence-electron chi connectivity index (χ4n) is 3.53. The largest absolute Gasteiger partial charge is 0.445 e. The van der Waals surface area contributed by atoms with Gasteiger partial charge in [-0.05, 0) is 24.3 Å². The average molecular weight is 388 g/mol. The fourth-order valence-corrected chi connectivity index (χ4v) is 3.53. The van der Waals surface area contributed by atoms with Gasteiger partial charge in [0.15, 0.2) is 0 Å². The smallest absolute Gasteiger partial charge is 0.408 e. The van der Waals surface area contributed by atoms with Crippen molar-refractivity contribution in [1.82, 2.24) is 10.4 Å². The molecule has 1 aromatic carbocycles. The average Bonchev–Trinajstić information content (AvgIpc) is 3.04. The summed E-state index contributed by atoms with van der Waals surface area (Å²) in [7, 11) is 0. The number of amides is 3. The Balaban J connectivity index is 1.62. The van der Waals surface area contributed by atoms with Gasteiger partial charge in [0.25, 0.3) is 11.8 Å². The fraction of sp³-hybridized carbons (Fsp3) is 0.500. The van der Waals surface area contributed by atoms with Crippen LogP contribution in [0.2, 0.25) is 0 Å². The van der Waals surface area contributed by atoms with E-state index in [-0.39, 0.29) is 25.4 Å². The maximum Gasteiger partial charge on any atom is 0.408 e. The third kappa shape index (κ3) is 5.09. The number of benzene rings is 1. The van der Waals surface area contributed by atoms with Gasteiger partial charge in [0, 0.05) is 12.8 Å². The van der Waals surface area contributed by atoms with E-state index in [4.69, 9.17) is 9.57 Å². The van der Waals surface area contributed by atoms with Crippen LogP contribution in [-0.2, 0) is 30.6 Å². The lowest BCUT2D eigenvalue weighted by Crippen LogP contribution is -2.49. The molecule has 1 unspecified atom stereocenters. The molecule has 8 heteroatoms. The molecule has 2 fully saturated rings. The lowest BCUT2D eigenvalue weighted by molar-refractivity contribution is -0.200. The molecule has 0 bridgehead atoms. The number of carbonyl (C=O) groups excluding carboxylic acids is 4. The van der Waals surface area contributed by atoms with E-state index < -0.39 is 29.9 Å². The molecule has 150 valence electrons. The summed E-state index contributed by atoms with van der Waals surface area (Å²) in [5.41, 5.74) is 0.822. The molecule has 1 saturated heterocycles. The second kappa shape index (κ2) is 9.34. The lowest BCUT2D eigenvalue weighted by atomic mass is 9.84. The minimum Gasteiger partial charge on any atom is -0.445 e. The van der Waals surface area contributed by atoms with Gasteiger partial charge in [0.2, 0.25) is 0 Å². The van der Waals surface area contributed by atoms with E-state index in [0.717, 1.165) is 37.7 Å². The van der Waals surface area contributed by atoms with E-state index >= 15 is 0 Å². The van der Waals surface area contributed by atoms with Crippen molar-refractivity contribution in [3.63, 3.8) is 0 Å². The van der Waals surface area contributed by atoms with Crippen LogP contribution in [0, 0.1) is 5.92 Å². The zero-order valence-electron chi connectivity index (χ0n) is 15.6. The number of alkyl carbamates (subject to hydrolysis) is 1. The summed E-state index contributed by atoms with van der Waals surface area (Å²) in [5, 5.41) is 3.08. The predicted molar refractivity (Wildman–Crippen MR) is 97.3 cm³/mol. The minimum absolute atomic E-state index is 0.0206. The van der Waals surface area contributed by atoms with Crippen molar-refractivity contribution in [2.45, 2.75) is 57.6 Å². The first-order valence-electron chi connectivity index (χ1n) is 9.59. The maximum atomic E-state index is 12.7. The molecule has 1 saturated carbocycles. The number of hydrogen-bond acceptors (Lipinski definition) is 6. The lowest BCUT2D eigenvalue weighted by Gasteiger charge is -2.29. The highest BCUT2D eigenvalue weighted by atomic mass is 16.7. The van der Waals surface area contributed by atoms with E-state index in [1.807, 2.05) is 30.3 Å². The Labute approximate surface area is 163 Å². The standard InChI is InChI=1S/C20H24N2O6/c23-16-11-12-17(24)22(16)28-19(25)18(15-9-5-2-6-10-15)21-20(26)27-13-14-7-3-1-4-8-14/h1,3-4,7-8,15,18H,2,5-6,9-13H2,(H,21,26). The summed E-state index contributed by atoms with van der Waals surface area (Å²) >= 11 is 0. The molecule has 0 aromatic heterocycles. The third-order valence-electron chi connectivity index (χ3n) is 5.05. The van der Waals surface area contributed by atoms with Crippen molar-refractivity contribution >= 4 is 23.9 Å². The zero-order chi connectivity index (χ0) is 19.9. The minimum atomic E-state index is -0.968. The molecular weight excluding hydrogens is 364 g/mol. The van der Waals surface area contributed by atoms with Gasteiger partial charge in [-0.15, -0.1) is 5.06 Å². The highest BCUT2D eigenvalue weighted by molar-refractivity contribution is 6.01. The second-order valence-corrected chi connectivity index (χ2v) is 7.07. The summed E-state index contributed by atoms with van der Waals surface area (Å²) in [6.07, 6.45) is 3.75. The summed E-state index contributed by atoms with van der Waals surface area (Å²) in [6, 6.07) is 8.21. The molecule has 1 atom stereocenters. The van der Waals surface area contributed by atoms with Crippen LogP contribution in [-0.4, -0.2) is 35.0 Å². The third-order valence-corrected chi connectivity index (χ3v) is 5.05. The highest BCUT2D eigenvalue weighted by Gasteiger charge is 2.38. The Morgan fingerprint density at radius 2 is 1.68 bits per heavy atom. The molecule has 1 aliphatic heterocycles. The van der Waals surface area contributed by atoms with Gasteiger partial charge in [-0.2, -0.15) is 0 Å². The molecule has 0 spiro atoms. The van der Waals surface area contributed by atoms with Crippen molar-refractivity contribution in [2.24, 2.45) is 5.92 Å². The van der Waals surface area contributed by atoms with Crippen LogP contribution >= 0.6 is 0 Å². The number of carbonyl (C=O) groups is 4. The normalized spacial score (nSPS) is 18.6. The van der Waals surface area contributed by atoms with Crippen LogP contribution in [0.25, 0.3) is 0 Å². The molecule has 28 heavy (non-hydrogen) atoms. The number of imide groups is 1. The van der Waals surface area contributed by atoms with Gasteiger partial charge >= 0.3 is 12.1 Å². The Hall–Kier alpha value is -2.90. The molecule has 3 amide bonds. The van der Waals surface area contributed by atoms with Gasteiger partial charge in [0.05, 0.1) is 0 Å². The Kier molecular flexibility index (Phi) is 6.62. The molecule has 3 rings (SSSR count). The van der Waals surface area contributed by atoms with Crippen LogP contribution in [0.5, 0.6) is 0 Å². The van der Waals surface area contributed by atoms with Crippen LogP contribution in [0.4, 0.5) is 4.79 Å². The van der Waals surface area contributed by atoms with Gasteiger partial charge in [-0.25, -0.2) is 9.59 Å². The first kappa shape index (κ1) is 19.9. The monoisotopic (exact) mass is 388 g/mol. The number of ether oxygens (including phenoxy) is 1. The molecule has 2 aliphatic rings. The Bertz CT molecular complexity index is 713. The van der Waals surface area contributed by atoms with E-state index in [1.165, 1.54) is 0 Å². The van der Waals surface area contributed by atoms with Crippen LogP contribution in [0.15, 0.2) is 30.3 Å². The summed E-state index contributed by atoms with van der Waals surface area (Å²) < 4.78 is 5.21. The van der Waals surface area contributed by atoms with E-state index in [0.29, 0.717) is 5.06 Å². The quantitative estimate of drug-likeness (QED) is 0.751. The second-order valence-electron chi connectivity index (χ2n) is 7.07. The summed E-state index contributed by atoms with van der Waals surface area (Å²) in [6.45, 7) is 0.0716. The topological polar surface area (TPSA) is 102 Å². The van der Waals surface area contributed by atoms with Gasteiger partial charge in [0.1, 0.15) is 12.6 Å². The maximum absolute atomic E-state index is 12.7. The SMILES string of the molecule is O=C(NC(C(=O)ON1C(=O)CCC1=O)C1CCCCC1)OCc1ccccc1.